The number of Topliss-reactive ketones (excluding diaryl/α,β-unsaturated/α-hetero) is 2. The van der Waals surface area contributed by atoms with E-state index in [1.807, 2.05) is 55.3 Å². The third-order valence-corrected chi connectivity index (χ3v) is 12.9. The number of nitrogens with zero attached hydrogens (tertiary/aromatic N) is 3. The highest BCUT2D eigenvalue weighted by atomic mass is 19.1. The number of rotatable bonds is 22. The van der Waals surface area contributed by atoms with Crippen LogP contribution in [0.25, 0.3) is 23.0 Å². The molecular weight excluding hydrogens is 902 g/mol. The van der Waals surface area contributed by atoms with E-state index in [4.69, 9.17) is 14.5 Å². The van der Waals surface area contributed by atoms with Gasteiger partial charge in [-0.1, -0.05) is 43.3 Å². The summed E-state index contributed by atoms with van der Waals surface area (Å²) in [4.78, 5) is 97.7. The summed E-state index contributed by atoms with van der Waals surface area (Å²) in [5, 5.41) is 23.2. The SMILES string of the molecule is C/C=C1\CC[C@H](NC(=O)CCN(C)CCNC(=O)CCC(=O)C(Cc2ccccc2)NCCCC(=O)CNC(=O)OC(C)(C)C)c2c3c(nc(/C=C/F)c21)-c1cc2c(c(=O)n1C3)COC(=O)[C@]2(O)CC. The highest BCUT2D eigenvalue weighted by molar-refractivity contribution is 5.89. The maximum Gasteiger partial charge on any atom is 0.408 e. The lowest BCUT2D eigenvalue weighted by atomic mass is 9.80. The summed E-state index contributed by atoms with van der Waals surface area (Å²) in [6, 6.07) is 10.1. The van der Waals surface area contributed by atoms with Gasteiger partial charge in [-0.2, -0.15) is 0 Å². The Morgan fingerprint density at radius 1 is 1.03 bits per heavy atom. The second-order valence-electron chi connectivity index (χ2n) is 19.0. The number of aliphatic hydroxyl groups is 1. The first-order valence-corrected chi connectivity index (χ1v) is 24.1. The number of benzene rings is 1. The molecule has 3 aliphatic rings. The van der Waals surface area contributed by atoms with Crippen LogP contribution in [0, 0.1) is 0 Å². The van der Waals surface area contributed by atoms with Gasteiger partial charge in [0.05, 0.1) is 54.1 Å². The largest absolute Gasteiger partial charge is 0.458 e. The molecule has 3 aromatic rings. The van der Waals surface area contributed by atoms with Crippen LogP contribution in [0.5, 0.6) is 0 Å². The van der Waals surface area contributed by atoms with E-state index >= 15 is 0 Å². The van der Waals surface area contributed by atoms with E-state index < -0.39 is 40.9 Å². The van der Waals surface area contributed by atoms with E-state index in [0.29, 0.717) is 86.4 Å². The van der Waals surface area contributed by atoms with Gasteiger partial charge >= 0.3 is 12.1 Å². The molecule has 2 aliphatic heterocycles. The fourth-order valence-corrected chi connectivity index (χ4v) is 9.19. The minimum absolute atomic E-state index is 0.0102. The molecule has 0 spiro atoms. The Hall–Kier alpha value is -6.37. The lowest BCUT2D eigenvalue weighted by Crippen LogP contribution is -2.44. The first-order valence-electron chi connectivity index (χ1n) is 24.1. The molecule has 70 heavy (non-hydrogen) atoms. The molecule has 1 aromatic carbocycles. The van der Waals surface area contributed by atoms with Gasteiger partial charge in [-0.3, -0.25) is 24.0 Å². The molecule has 2 aromatic heterocycles. The Labute approximate surface area is 407 Å². The van der Waals surface area contributed by atoms with Crippen LogP contribution in [-0.2, 0) is 58.6 Å². The molecule has 3 amide bonds. The molecule has 0 saturated heterocycles. The summed E-state index contributed by atoms with van der Waals surface area (Å²) in [7, 11) is 1.84. The lowest BCUT2D eigenvalue weighted by Gasteiger charge is -2.32. The zero-order valence-corrected chi connectivity index (χ0v) is 41.0. The number of pyridine rings is 2. The van der Waals surface area contributed by atoms with Gasteiger partial charge in [-0.25, -0.2) is 19.0 Å². The maximum atomic E-state index is 14.0. The number of hydrogen-bond donors (Lipinski definition) is 5. The van der Waals surface area contributed by atoms with Gasteiger partial charge in [0.25, 0.3) is 5.56 Å². The Morgan fingerprint density at radius 2 is 1.79 bits per heavy atom. The molecule has 0 fully saturated rings. The molecule has 4 heterocycles. The van der Waals surface area contributed by atoms with Crippen molar-refractivity contribution < 1.29 is 47.7 Å². The number of hydrogen-bond acceptors (Lipinski definition) is 13. The number of allylic oxidation sites excluding steroid dienone is 2. The highest BCUT2D eigenvalue weighted by Gasteiger charge is 2.46. The van der Waals surface area contributed by atoms with Gasteiger partial charge in [0.1, 0.15) is 12.2 Å². The quantitative estimate of drug-likeness (QED) is 0.0512. The van der Waals surface area contributed by atoms with Crippen LogP contribution in [0.2, 0.25) is 0 Å². The summed E-state index contributed by atoms with van der Waals surface area (Å²) in [5.41, 5.74) is 2.33. The smallest absolute Gasteiger partial charge is 0.408 e. The van der Waals surface area contributed by atoms with Crippen LogP contribution >= 0.6 is 0 Å². The van der Waals surface area contributed by atoms with E-state index in [-0.39, 0.29) is 86.3 Å². The van der Waals surface area contributed by atoms with Crippen LogP contribution in [0.3, 0.4) is 0 Å². The average Bonchev–Trinajstić information content (AvgIpc) is 3.70. The minimum Gasteiger partial charge on any atom is -0.458 e. The number of alkyl carbamates (subject to hydrolysis) is 1. The summed E-state index contributed by atoms with van der Waals surface area (Å²) in [5.74, 6) is -1.64. The van der Waals surface area contributed by atoms with Gasteiger partial charge in [0.15, 0.2) is 17.2 Å². The predicted octanol–water partition coefficient (Wildman–Crippen LogP) is 5.08. The Kier molecular flexibility index (Phi) is 17.8. The number of amides is 3. The van der Waals surface area contributed by atoms with Gasteiger partial charge in [-0.05, 0) is 102 Å². The van der Waals surface area contributed by atoms with Crippen molar-refractivity contribution in [2.75, 3.05) is 39.8 Å². The fourth-order valence-electron chi connectivity index (χ4n) is 9.19. The van der Waals surface area contributed by atoms with Gasteiger partial charge in [0.2, 0.25) is 11.8 Å². The van der Waals surface area contributed by atoms with Crippen molar-refractivity contribution in [3.63, 3.8) is 0 Å². The monoisotopic (exact) mass is 967 g/mol. The van der Waals surface area contributed by atoms with Crippen LogP contribution in [0.1, 0.15) is 131 Å². The topological polar surface area (TPSA) is 227 Å². The zero-order chi connectivity index (χ0) is 50.8. The standard InChI is InChI=1S/C52H66FN7O10/c1-7-33-16-17-38(46-35-30-60-41(47(35)58-39(20-22-53)45(33)46)28-37-36(48(60)65)31-69-49(66)52(37,68)8-2)57-44(64)21-25-59(6)26-24-55-43(63)19-18-42(62)40(27-32-13-10-9-11-14-32)54-23-12-15-34(61)29-56-50(67)70-51(3,4)5/h7,9-11,13-14,20,22,28,38,40,54,68H,8,12,15-19,21,23-27,29-31H2,1-6H3,(H,55,63)(H,56,67)(H,57,64)/b22-20+,33-7+/t38-,40?,52-/m0/s1. The molecule has 0 radical (unpaired) electrons. The van der Waals surface area contributed by atoms with Crippen LogP contribution in [0.4, 0.5) is 9.18 Å². The van der Waals surface area contributed by atoms with Crippen LogP contribution in [-0.4, -0.2) is 106 Å². The third-order valence-electron chi connectivity index (χ3n) is 12.9. The molecule has 1 aliphatic carbocycles. The first-order chi connectivity index (χ1) is 33.4. The molecule has 3 atom stereocenters. The number of halogens is 1. The molecule has 376 valence electrons. The van der Waals surface area contributed by atoms with Crippen molar-refractivity contribution in [1.82, 2.24) is 35.7 Å². The second-order valence-corrected chi connectivity index (χ2v) is 19.0. The minimum atomic E-state index is -2.01. The Bertz CT molecular complexity index is 2590. The predicted molar refractivity (Wildman–Crippen MR) is 261 cm³/mol. The molecule has 1 unspecified atom stereocenters. The number of likely N-dealkylation sites (N-methyl/N-ethyl adjacent to an activating group) is 1. The maximum absolute atomic E-state index is 14.0. The number of cyclic esters (lactones) is 1. The van der Waals surface area contributed by atoms with Gasteiger partial charge in [0, 0.05) is 62.0 Å². The van der Waals surface area contributed by atoms with E-state index in [1.54, 1.807) is 33.8 Å². The van der Waals surface area contributed by atoms with E-state index in [1.165, 1.54) is 10.6 Å². The number of aromatic nitrogens is 2. The second kappa shape index (κ2) is 23.5. The zero-order valence-electron chi connectivity index (χ0n) is 41.0. The molecular formula is C52H66FN7O10. The van der Waals surface area contributed by atoms with E-state index in [0.717, 1.165) is 16.7 Å². The Balaban J connectivity index is 1.00. The number of ether oxygens (including phenoxy) is 2. The van der Waals surface area contributed by atoms with E-state index in [9.17, 15) is 43.1 Å². The number of esters is 1. The molecule has 6 rings (SSSR count). The van der Waals surface area contributed by atoms with Gasteiger partial charge in [-0.15, -0.1) is 0 Å². The highest BCUT2D eigenvalue weighted by Crippen LogP contribution is 2.46. The summed E-state index contributed by atoms with van der Waals surface area (Å²) >= 11 is 0. The van der Waals surface area contributed by atoms with Crippen molar-refractivity contribution in [1.29, 1.82) is 0 Å². The summed E-state index contributed by atoms with van der Waals surface area (Å²) < 4.78 is 25.9. The molecule has 0 bridgehead atoms. The van der Waals surface area contributed by atoms with Gasteiger partial charge < -0.3 is 45.3 Å². The fraction of sp³-hybridized carbons (Fsp3) is 0.500. The molecule has 17 nitrogen and oxygen atoms in total. The van der Waals surface area contributed by atoms with Crippen molar-refractivity contribution in [2.45, 2.75) is 129 Å². The molecule has 18 heteroatoms. The third kappa shape index (κ3) is 12.9. The van der Waals surface area contributed by atoms with Crippen molar-refractivity contribution in [3.05, 3.63) is 98.2 Å². The number of nitrogens with one attached hydrogen (secondary N) is 4. The first kappa shape index (κ1) is 53.0. The number of carbonyl (C=O) groups is 6. The molecule has 5 N–H and O–H groups in total. The number of ketones is 2. The average molecular weight is 968 g/mol. The lowest BCUT2D eigenvalue weighted by molar-refractivity contribution is -0.172. The van der Waals surface area contributed by atoms with Crippen LogP contribution in [0.15, 0.2) is 53.6 Å². The Morgan fingerprint density at radius 3 is 2.49 bits per heavy atom. The van der Waals surface area contributed by atoms with Crippen molar-refractivity contribution in [3.8, 4) is 11.4 Å². The van der Waals surface area contributed by atoms with Crippen molar-refractivity contribution >= 4 is 47.1 Å². The van der Waals surface area contributed by atoms with Crippen LogP contribution < -0.4 is 26.8 Å². The normalized spacial score (nSPS) is 18.1. The van der Waals surface area contributed by atoms with Crippen molar-refractivity contribution in [2.24, 2.45) is 0 Å². The summed E-state index contributed by atoms with van der Waals surface area (Å²) in [6.07, 6.45) is 5.23. The number of carbonyl (C=O) groups excluding carboxylic acids is 6. The number of fused-ring (bicyclic) bond motifs is 6. The summed E-state index contributed by atoms with van der Waals surface area (Å²) in [6.45, 7) is 9.88. The molecule has 0 saturated carbocycles. The van der Waals surface area contributed by atoms with E-state index in [2.05, 4.69) is 21.3 Å².